The standard InChI is InChI=1S/C16H25BrN6O2/c1-16(10-25-11-16)9-20-14(18-2)22-4-6-23(7-5-22)15-19-8-12(17)13(21-15)24-3/h8H,4-7,9-11H2,1-3H3,(H,18,20). The van der Waals surface area contributed by atoms with Gasteiger partial charge in [0.05, 0.1) is 31.0 Å². The third-order valence-electron chi connectivity index (χ3n) is 4.54. The molecule has 2 fully saturated rings. The third-order valence-corrected chi connectivity index (χ3v) is 5.08. The van der Waals surface area contributed by atoms with Gasteiger partial charge in [-0.05, 0) is 15.9 Å². The Bertz CT molecular complexity index is 629. The van der Waals surface area contributed by atoms with Gasteiger partial charge in [0.2, 0.25) is 11.8 Å². The van der Waals surface area contributed by atoms with Gasteiger partial charge in [-0.1, -0.05) is 6.92 Å². The molecule has 1 aromatic heterocycles. The molecule has 0 atom stereocenters. The van der Waals surface area contributed by atoms with Crippen LogP contribution in [0.15, 0.2) is 15.7 Å². The van der Waals surface area contributed by atoms with Gasteiger partial charge in [0.25, 0.3) is 0 Å². The number of aromatic nitrogens is 2. The van der Waals surface area contributed by atoms with Gasteiger partial charge in [0.1, 0.15) is 0 Å². The smallest absolute Gasteiger partial charge is 0.232 e. The molecule has 3 heterocycles. The molecule has 2 saturated heterocycles. The number of piperazine rings is 1. The molecule has 138 valence electrons. The average molecular weight is 413 g/mol. The number of hydrogen-bond donors (Lipinski definition) is 1. The zero-order valence-electron chi connectivity index (χ0n) is 15.0. The van der Waals surface area contributed by atoms with Gasteiger partial charge >= 0.3 is 0 Å². The lowest BCUT2D eigenvalue weighted by Crippen LogP contribution is -2.56. The second-order valence-corrected chi connectivity index (χ2v) is 7.56. The lowest BCUT2D eigenvalue weighted by atomic mass is 9.89. The Hall–Kier alpha value is -1.61. The van der Waals surface area contributed by atoms with Crippen molar-refractivity contribution in [2.75, 3.05) is 65.0 Å². The Morgan fingerprint density at radius 3 is 2.68 bits per heavy atom. The van der Waals surface area contributed by atoms with Crippen molar-refractivity contribution in [2.24, 2.45) is 10.4 Å². The molecule has 0 radical (unpaired) electrons. The number of nitrogens with zero attached hydrogens (tertiary/aromatic N) is 5. The average Bonchev–Trinajstić information content (AvgIpc) is 2.61. The fourth-order valence-corrected chi connectivity index (χ4v) is 3.29. The van der Waals surface area contributed by atoms with Crippen LogP contribution >= 0.6 is 15.9 Å². The summed E-state index contributed by atoms with van der Waals surface area (Å²) in [4.78, 5) is 17.7. The van der Waals surface area contributed by atoms with Crippen molar-refractivity contribution in [3.05, 3.63) is 10.7 Å². The van der Waals surface area contributed by atoms with E-state index in [0.29, 0.717) is 11.8 Å². The van der Waals surface area contributed by atoms with Crippen molar-refractivity contribution >= 4 is 27.8 Å². The molecular formula is C16H25BrN6O2. The number of anilines is 1. The molecule has 0 amide bonds. The van der Waals surface area contributed by atoms with Gasteiger partial charge in [-0.25, -0.2) is 4.98 Å². The topological polar surface area (TPSA) is 75.1 Å². The Balaban J connectivity index is 1.55. The molecule has 2 aliphatic heterocycles. The predicted molar refractivity (Wildman–Crippen MR) is 100 cm³/mol. The highest BCUT2D eigenvalue weighted by Crippen LogP contribution is 2.25. The Labute approximate surface area is 156 Å². The fraction of sp³-hybridized carbons (Fsp3) is 0.688. The van der Waals surface area contributed by atoms with Gasteiger partial charge < -0.3 is 24.6 Å². The molecule has 3 rings (SSSR count). The van der Waals surface area contributed by atoms with Crippen LogP contribution in [0.5, 0.6) is 5.88 Å². The maximum atomic E-state index is 5.31. The van der Waals surface area contributed by atoms with E-state index in [1.807, 2.05) is 7.05 Å². The number of halogens is 1. The zero-order valence-corrected chi connectivity index (χ0v) is 16.5. The minimum Gasteiger partial charge on any atom is -0.480 e. The van der Waals surface area contributed by atoms with E-state index in [1.54, 1.807) is 13.3 Å². The van der Waals surface area contributed by atoms with Crippen molar-refractivity contribution in [2.45, 2.75) is 6.92 Å². The number of guanidine groups is 1. The highest BCUT2D eigenvalue weighted by atomic mass is 79.9. The van der Waals surface area contributed by atoms with Crippen molar-refractivity contribution in [3.8, 4) is 5.88 Å². The van der Waals surface area contributed by atoms with Gasteiger partial charge in [0, 0.05) is 45.2 Å². The molecule has 0 spiro atoms. The summed E-state index contributed by atoms with van der Waals surface area (Å²) < 4.78 is 11.3. The monoisotopic (exact) mass is 412 g/mol. The maximum absolute atomic E-state index is 5.31. The number of methoxy groups -OCH3 is 1. The number of rotatable bonds is 4. The summed E-state index contributed by atoms with van der Waals surface area (Å²) in [6.45, 7) is 8.15. The zero-order chi connectivity index (χ0) is 17.9. The van der Waals surface area contributed by atoms with E-state index < -0.39 is 0 Å². The second kappa shape index (κ2) is 7.74. The Morgan fingerprint density at radius 1 is 1.40 bits per heavy atom. The minimum atomic E-state index is 0.222. The van der Waals surface area contributed by atoms with E-state index in [4.69, 9.17) is 9.47 Å². The maximum Gasteiger partial charge on any atom is 0.232 e. The molecule has 0 bridgehead atoms. The van der Waals surface area contributed by atoms with Gasteiger partial charge in [-0.3, -0.25) is 4.99 Å². The summed E-state index contributed by atoms with van der Waals surface area (Å²) in [5.74, 6) is 2.20. The molecule has 0 aliphatic carbocycles. The summed E-state index contributed by atoms with van der Waals surface area (Å²) in [6.07, 6.45) is 1.73. The molecule has 2 aliphatic rings. The molecular weight excluding hydrogens is 388 g/mol. The number of nitrogens with one attached hydrogen (secondary N) is 1. The predicted octanol–water partition coefficient (Wildman–Crippen LogP) is 0.982. The molecule has 1 N–H and O–H groups in total. The number of ether oxygens (including phenoxy) is 2. The van der Waals surface area contributed by atoms with Crippen molar-refractivity contribution < 1.29 is 9.47 Å². The van der Waals surface area contributed by atoms with Crippen molar-refractivity contribution in [1.82, 2.24) is 20.2 Å². The van der Waals surface area contributed by atoms with Crippen molar-refractivity contribution in [3.63, 3.8) is 0 Å². The summed E-state index contributed by atoms with van der Waals surface area (Å²) in [5.41, 5.74) is 0.222. The van der Waals surface area contributed by atoms with E-state index in [2.05, 4.69) is 52.9 Å². The number of hydrogen-bond acceptors (Lipinski definition) is 6. The van der Waals surface area contributed by atoms with Crippen molar-refractivity contribution in [1.29, 1.82) is 0 Å². The summed E-state index contributed by atoms with van der Waals surface area (Å²) in [7, 11) is 3.44. The molecule has 0 saturated carbocycles. The van der Waals surface area contributed by atoms with Gasteiger partial charge in [0.15, 0.2) is 5.96 Å². The lowest BCUT2D eigenvalue weighted by Gasteiger charge is -2.40. The summed E-state index contributed by atoms with van der Waals surface area (Å²) >= 11 is 3.39. The van der Waals surface area contributed by atoms with Crippen LogP contribution in [0.4, 0.5) is 5.95 Å². The molecule has 8 nitrogen and oxygen atoms in total. The second-order valence-electron chi connectivity index (χ2n) is 6.71. The Kier molecular flexibility index (Phi) is 5.63. The summed E-state index contributed by atoms with van der Waals surface area (Å²) in [6, 6.07) is 0. The van der Waals surface area contributed by atoms with E-state index >= 15 is 0 Å². The van der Waals surface area contributed by atoms with Crippen LogP contribution in [-0.4, -0.2) is 80.9 Å². The molecule has 0 aromatic carbocycles. The molecule has 25 heavy (non-hydrogen) atoms. The normalized spacial score (nSPS) is 20.2. The van der Waals surface area contributed by atoms with E-state index in [0.717, 1.165) is 56.4 Å². The summed E-state index contributed by atoms with van der Waals surface area (Å²) in [5, 5.41) is 3.48. The van der Waals surface area contributed by atoms with Crippen LogP contribution in [0, 0.1) is 5.41 Å². The van der Waals surface area contributed by atoms with Gasteiger partial charge in [-0.2, -0.15) is 4.98 Å². The highest BCUT2D eigenvalue weighted by Gasteiger charge is 2.34. The Morgan fingerprint density at radius 2 is 2.12 bits per heavy atom. The highest BCUT2D eigenvalue weighted by molar-refractivity contribution is 9.10. The van der Waals surface area contributed by atoms with Crippen LogP contribution in [0.2, 0.25) is 0 Å². The first-order valence-electron chi connectivity index (χ1n) is 8.39. The SMILES string of the molecule is CN=C(NCC1(C)COC1)N1CCN(c2ncc(Br)c(OC)n2)CC1. The molecule has 0 unspecified atom stereocenters. The quantitative estimate of drug-likeness (QED) is 0.583. The largest absolute Gasteiger partial charge is 0.480 e. The molecule has 1 aromatic rings. The fourth-order valence-electron chi connectivity index (χ4n) is 2.93. The first kappa shape index (κ1) is 18.2. The molecule has 9 heteroatoms. The number of aliphatic imine (C=N–C) groups is 1. The first-order chi connectivity index (χ1) is 12.0. The van der Waals surface area contributed by atoms with Gasteiger partial charge in [-0.15, -0.1) is 0 Å². The third kappa shape index (κ3) is 4.14. The van der Waals surface area contributed by atoms with Crippen LogP contribution in [0.25, 0.3) is 0 Å². The van der Waals surface area contributed by atoms with Crippen LogP contribution in [-0.2, 0) is 4.74 Å². The van der Waals surface area contributed by atoms with Crippen LogP contribution in [0.3, 0.4) is 0 Å². The van der Waals surface area contributed by atoms with E-state index in [9.17, 15) is 0 Å². The minimum absolute atomic E-state index is 0.222. The van der Waals surface area contributed by atoms with Crippen LogP contribution < -0.4 is 15.0 Å². The van der Waals surface area contributed by atoms with E-state index in [1.165, 1.54) is 0 Å². The lowest BCUT2D eigenvalue weighted by molar-refractivity contribution is -0.0972. The van der Waals surface area contributed by atoms with E-state index in [-0.39, 0.29) is 5.41 Å². The first-order valence-corrected chi connectivity index (χ1v) is 9.19. The van der Waals surface area contributed by atoms with Crippen LogP contribution in [0.1, 0.15) is 6.92 Å².